The van der Waals surface area contributed by atoms with Gasteiger partial charge in [-0.15, -0.1) is 0 Å². The van der Waals surface area contributed by atoms with E-state index in [9.17, 15) is 4.79 Å². The van der Waals surface area contributed by atoms with Gasteiger partial charge in [-0.1, -0.05) is 0 Å². The van der Waals surface area contributed by atoms with Crippen LogP contribution in [-0.2, 0) is 11.3 Å². The lowest BCUT2D eigenvalue weighted by Crippen LogP contribution is -2.51. The first kappa shape index (κ1) is 16.8. The smallest absolute Gasteiger partial charge is 0.220 e. The van der Waals surface area contributed by atoms with E-state index in [0.717, 1.165) is 51.5 Å². The number of likely N-dealkylation sites (tertiary alicyclic amines) is 1. The van der Waals surface area contributed by atoms with E-state index in [1.165, 1.54) is 5.56 Å². The fraction of sp³-hybridized carbons (Fsp3) is 0.706. The highest BCUT2D eigenvalue weighted by Crippen LogP contribution is 2.35. The van der Waals surface area contributed by atoms with E-state index < -0.39 is 0 Å². The molecule has 1 unspecified atom stereocenters. The van der Waals surface area contributed by atoms with Gasteiger partial charge in [0.05, 0.1) is 19.3 Å². The van der Waals surface area contributed by atoms with Crippen molar-refractivity contribution in [2.45, 2.75) is 39.7 Å². The highest BCUT2D eigenvalue weighted by Gasteiger charge is 2.42. The molecule has 2 aliphatic rings. The monoisotopic (exact) mass is 332 g/mol. The summed E-state index contributed by atoms with van der Waals surface area (Å²) in [5, 5.41) is 10.7. The maximum Gasteiger partial charge on any atom is 0.220 e. The summed E-state index contributed by atoms with van der Waals surface area (Å²) in [5.41, 5.74) is 1.26. The molecule has 0 bridgehead atoms. The molecule has 24 heavy (non-hydrogen) atoms. The minimum Gasteiger partial charge on any atom is -0.357 e. The summed E-state index contributed by atoms with van der Waals surface area (Å²) in [7, 11) is 0. The van der Waals surface area contributed by atoms with Gasteiger partial charge in [0, 0.05) is 44.2 Å². The molecule has 7 heteroatoms. The highest BCUT2D eigenvalue weighted by molar-refractivity contribution is 5.81. The second-order valence-electron chi connectivity index (χ2n) is 7.00. The first-order valence-corrected chi connectivity index (χ1v) is 8.89. The molecule has 1 amide bonds. The second kappa shape index (κ2) is 7.23. The van der Waals surface area contributed by atoms with E-state index in [1.807, 2.05) is 24.0 Å². The molecule has 2 N–H and O–H groups in total. The lowest BCUT2D eigenvalue weighted by atomic mass is 9.79. The maximum atomic E-state index is 11.7. The number of carbonyl (C=O) groups is 1. The molecule has 0 saturated carbocycles. The first-order chi connectivity index (χ1) is 11.6. The number of aryl methyl sites for hydroxylation is 1. The SMILES string of the molecule is CCNC(=NCCn1cc(C)cn1)N1CCCC2(CNC(=O)C2)C1. The lowest BCUT2D eigenvalue weighted by molar-refractivity contribution is -0.119. The normalized spacial score (nSPS) is 24.5. The number of hydrogen-bond donors (Lipinski definition) is 2. The molecule has 1 aromatic heterocycles. The average molecular weight is 332 g/mol. The predicted octanol–water partition coefficient (Wildman–Crippen LogP) is 0.759. The number of aliphatic imine (C=N–C) groups is 1. The Kier molecular flexibility index (Phi) is 5.06. The number of rotatable bonds is 4. The van der Waals surface area contributed by atoms with Gasteiger partial charge in [-0.3, -0.25) is 14.5 Å². The van der Waals surface area contributed by atoms with E-state index >= 15 is 0 Å². The summed E-state index contributed by atoms with van der Waals surface area (Å²) in [4.78, 5) is 18.8. The van der Waals surface area contributed by atoms with Crippen LogP contribution >= 0.6 is 0 Å². The molecule has 3 heterocycles. The Balaban J connectivity index is 1.63. The van der Waals surface area contributed by atoms with Crippen LogP contribution in [0.2, 0.25) is 0 Å². The molecule has 0 radical (unpaired) electrons. The molecule has 1 atom stereocenters. The molecule has 2 aliphatic heterocycles. The Hall–Kier alpha value is -2.05. The average Bonchev–Trinajstić information content (AvgIpc) is 3.13. The summed E-state index contributed by atoms with van der Waals surface area (Å²) in [6, 6.07) is 0. The van der Waals surface area contributed by atoms with Crippen LogP contribution in [0.15, 0.2) is 17.4 Å². The molecular formula is C17H28N6O. The quantitative estimate of drug-likeness (QED) is 0.631. The molecule has 2 saturated heterocycles. The van der Waals surface area contributed by atoms with Crippen LogP contribution in [0.4, 0.5) is 0 Å². The lowest BCUT2D eigenvalue weighted by Gasteiger charge is -2.40. The van der Waals surface area contributed by atoms with Crippen LogP contribution in [0.1, 0.15) is 31.7 Å². The minimum absolute atomic E-state index is 0.0879. The van der Waals surface area contributed by atoms with Crippen molar-refractivity contribution in [3.8, 4) is 0 Å². The van der Waals surface area contributed by atoms with E-state index in [1.54, 1.807) is 0 Å². The summed E-state index contributed by atoms with van der Waals surface area (Å²) >= 11 is 0. The Morgan fingerprint density at radius 2 is 2.42 bits per heavy atom. The Morgan fingerprint density at radius 1 is 1.54 bits per heavy atom. The summed E-state index contributed by atoms with van der Waals surface area (Å²) in [6.07, 6.45) is 6.78. The third kappa shape index (κ3) is 3.88. The summed E-state index contributed by atoms with van der Waals surface area (Å²) in [6.45, 7) is 9.16. The van der Waals surface area contributed by atoms with Crippen molar-refractivity contribution in [2.75, 3.05) is 32.7 Å². The number of guanidine groups is 1. The van der Waals surface area contributed by atoms with Crippen molar-refractivity contribution in [1.82, 2.24) is 25.3 Å². The van der Waals surface area contributed by atoms with Crippen molar-refractivity contribution < 1.29 is 4.79 Å². The molecule has 132 valence electrons. The fourth-order valence-electron chi connectivity index (χ4n) is 3.70. The minimum atomic E-state index is 0.0879. The number of carbonyl (C=O) groups excluding carboxylic acids is 1. The maximum absolute atomic E-state index is 11.7. The number of nitrogens with zero attached hydrogens (tertiary/aromatic N) is 4. The number of aromatic nitrogens is 2. The molecule has 1 aromatic rings. The van der Waals surface area contributed by atoms with Crippen LogP contribution in [-0.4, -0.2) is 59.3 Å². The number of nitrogens with one attached hydrogen (secondary N) is 2. The van der Waals surface area contributed by atoms with Gasteiger partial charge in [-0.05, 0) is 32.3 Å². The van der Waals surface area contributed by atoms with Gasteiger partial charge in [-0.2, -0.15) is 5.10 Å². The van der Waals surface area contributed by atoms with Crippen molar-refractivity contribution >= 4 is 11.9 Å². The van der Waals surface area contributed by atoms with E-state index in [-0.39, 0.29) is 11.3 Å². The van der Waals surface area contributed by atoms with Crippen molar-refractivity contribution in [3.63, 3.8) is 0 Å². The van der Waals surface area contributed by atoms with Gasteiger partial charge < -0.3 is 15.5 Å². The van der Waals surface area contributed by atoms with Crippen molar-refractivity contribution in [1.29, 1.82) is 0 Å². The highest BCUT2D eigenvalue weighted by atomic mass is 16.1. The molecule has 0 aromatic carbocycles. The van der Waals surface area contributed by atoms with Crippen LogP contribution in [0.5, 0.6) is 0 Å². The second-order valence-corrected chi connectivity index (χ2v) is 7.00. The largest absolute Gasteiger partial charge is 0.357 e. The summed E-state index contributed by atoms with van der Waals surface area (Å²) < 4.78 is 1.93. The topological polar surface area (TPSA) is 74.6 Å². The van der Waals surface area contributed by atoms with Crippen LogP contribution in [0.25, 0.3) is 0 Å². The Bertz CT molecular complexity index is 610. The zero-order valence-electron chi connectivity index (χ0n) is 14.7. The van der Waals surface area contributed by atoms with Gasteiger partial charge in [0.2, 0.25) is 5.91 Å². The zero-order valence-corrected chi connectivity index (χ0v) is 14.7. The van der Waals surface area contributed by atoms with Gasteiger partial charge in [-0.25, -0.2) is 0 Å². The zero-order chi connectivity index (χ0) is 17.0. The predicted molar refractivity (Wildman–Crippen MR) is 93.8 cm³/mol. The molecule has 3 rings (SSSR count). The van der Waals surface area contributed by atoms with Crippen molar-refractivity contribution in [3.05, 3.63) is 18.0 Å². The number of hydrogen-bond acceptors (Lipinski definition) is 3. The standard InChI is InChI=1S/C17H28N6O/c1-3-18-16(19-6-8-23-11-14(2)10-21-23)22-7-4-5-17(13-22)9-15(24)20-12-17/h10-11H,3-9,12-13H2,1-2H3,(H,18,19)(H,20,24). The van der Waals surface area contributed by atoms with Gasteiger partial charge in [0.25, 0.3) is 0 Å². The third-order valence-electron chi connectivity index (χ3n) is 4.84. The molecule has 0 aliphatic carbocycles. The van der Waals surface area contributed by atoms with Gasteiger partial charge in [0.1, 0.15) is 0 Å². The summed E-state index contributed by atoms with van der Waals surface area (Å²) in [5.74, 6) is 1.15. The molecule has 2 fully saturated rings. The van der Waals surface area contributed by atoms with E-state index in [0.29, 0.717) is 13.0 Å². The van der Waals surface area contributed by atoms with Crippen LogP contribution in [0.3, 0.4) is 0 Å². The van der Waals surface area contributed by atoms with E-state index in [4.69, 9.17) is 4.99 Å². The van der Waals surface area contributed by atoms with Gasteiger partial charge >= 0.3 is 0 Å². The fourth-order valence-corrected chi connectivity index (χ4v) is 3.70. The van der Waals surface area contributed by atoms with Gasteiger partial charge in [0.15, 0.2) is 5.96 Å². The third-order valence-corrected chi connectivity index (χ3v) is 4.84. The van der Waals surface area contributed by atoms with Crippen LogP contribution in [0, 0.1) is 12.3 Å². The molecule has 7 nitrogen and oxygen atoms in total. The van der Waals surface area contributed by atoms with Crippen molar-refractivity contribution in [2.24, 2.45) is 10.4 Å². The number of amides is 1. The first-order valence-electron chi connectivity index (χ1n) is 8.89. The Labute approximate surface area is 143 Å². The number of piperidine rings is 1. The van der Waals surface area contributed by atoms with E-state index in [2.05, 4.69) is 27.6 Å². The van der Waals surface area contributed by atoms with Crippen LogP contribution < -0.4 is 10.6 Å². The Morgan fingerprint density at radius 3 is 3.08 bits per heavy atom. The molecular weight excluding hydrogens is 304 g/mol. The molecule has 1 spiro atoms.